The quantitative estimate of drug-likeness (QED) is 0.603. The van der Waals surface area contributed by atoms with Gasteiger partial charge < -0.3 is 21.7 Å². The number of rotatable bonds is 4. The maximum absolute atomic E-state index is 12.7. The number of sulfone groups is 1. The summed E-state index contributed by atoms with van der Waals surface area (Å²) < 4.78 is 25.4. The highest BCUT2D eigenvalue weighted by Gasteiger charge is 2.27. The normalized spacial score (nSPS) is 11.1. The van der Waals surface area contributed by atoms with Crippen LogP contribution in [0.1, 0.15) is 20.7 Å². The van der Waals surface area contributed by atoms with Gasteiger partial charge in [-0.25, -0.2) is 18.0 Å². The van der Waals surface area contributed by atoms with Gasteiger partial charge in [0.25, 0.3) is 0 Å². The second-order valence-electron chi connectivity index (χ2n) is 4.55. The second-order valence-corrected chi connectivity index (χ2v) is 6.44. The lowest BCUT2D eigenvalue weighted by molar-refractivity contribution is 0.0687. The van der Waals surface area contributed by atoms with Gasteiger partial charge >= 0.3 is 11.9 Å². The van der Waals surface area contributed by atoms with Crippen LogP contribution < -0.4 is 11.5 Å². The van der Waals surface area contributed by atoms with Crippen molar-refractivity contribution in [3.8, 4) is 0 Å². The molecule has 0 aliphatic rings. The van der Waals surface area contributed by atoms with Crippen LogP contribution in [0.5, 0.6) is 0 Å². The molecule has 9 heteroatoms. The highest BCUT2D eigenvalue weighted by molar-refractivity contribution is 7.91. The second kappa shape index (κ2) is 5.61. The van der Waals surface area contributed by atoms with Gasteiger partial charge in [-0.3, -0.25) is 0 Å². The van der Waals surface area contributed by atoms with Crippen LogP contribution in [0.4, 0.5) is 11.4 Å². The Morgan fingerprint density at radius 2 is 1.13 bits per heavy atom. The van der Waals surface area contributed by atoms with Crippen LogP contribution in [-0.4, -0.2) is 30.6 Å². The van der Waals surface area contributed by atoms with Crippen LogP contribution >= 0.6 is 0 Å². The lowest BCUT2D eigenvalue weighted by atomic mass is 10.2. The molecule has 0 amide bonds. The average molecular weight is 336 g/mol. The molecule has 2 aromatic rings. The standard InChI is InChI=1S/C14H12N2O6S/c15-11-7(13(17)18)3-1-5-9(11)23(21,22)10-6-2-4-8(12(10)16)14(19)20/h1-6H,15-16H2,(H,17,18)(H,19,20). The average Bonchev–Trinajstić information content (AvgIpc) is 2.46. The minimum Gasteiger partial charge on any atom is -0.478 e. The molecule has 8 nitrogen and oxygen atoms in total. The number of para-hydroxylation sites is 2. The van der Waals surface area contributed by atoms with Crippen molar-refractivity contribution in [1.82, 2.24) is 0 Å². The highest BCUT2D eigenvalue weighted by atomic mass is 32.2. The van der Waals surface area contributed by atoms with E-state index in [-0.39, 0.29) is 11.1 Å². The van der Waals surface area contributed by atoms with Gasteiger partial charge in [0.2, 0.25) is 9.84 Å². The zero-order valence-electron chi connectivity index (χ0n) is 11.6. The zero-order chi connectivity index (χ0) is 17.4. The molecule has 0 aliphatic carbocycles. The molecular formula is C14H12N2O6S. The van der Waals surface area contributed by atoms with Gasteiger partial charge in [0.05, 0.1) is 32.3 Å². The van der Waals surface area contributed by atoms with E-state index in [1.54, 1.807) is 0 Å². The molecule has 0 atom stereocenters. The van der Waals surface area contributed by atoms with E-state index in [4.69, 9.17) is 21.7 Å². The van der Waals surface area contributed by atoms with Gasteiger partial charge in [-0.05, 0) is 24.3 Å². The van der Waals surface area contributed by atoms with E-state index < -0.39 is 42.9 Å². The lowest BCUT2D eigenvalue weighted by Gasteiger charge is -2.12. The minimum absolute atomic E-state index is 0.376. The van der Waals surface area contributed by atoms with Crippen LogP contribution in [-0.2, 0) is 9.84 Å². The van der Waals surface area contributed by atoms with Crippen molar-refractivity contribution in [1.29, 1.82) is 0 Å². The van der Waals surface area contributed by atoms with E-state index in [0.29, 0.717) is 0 Å². The van der Waals surface area contributed by atoms with E-state index in [2.05, 4.69) is 0 Å². The summed E-state index contributed by atoms with van der Waals surface area (Å²) in [6.07, 6.45) is 0. The number of hydrogen-bond donors (Lipinski definition) is 4. The minimum atomic E-state index is -4.29. The van der Waals surface area contributed by atoms with Crippen molar-refractivity contribution in [2.75, 3.05) is 11.5 Å². The third-order valence-corrected chi connectivity index (χ3v) is 5.04. The van der Waals surface area contributed by atoms with Crippen molar-refractivity contribution in [3.05, 3.63) is 47.5 Å². The highest BCUT2D eigenvalue weighted by Crippen LogP contribution is 2.32. The van der Waals surface area contributed by atoms with Crippen molar-refractivity contribution < 1.29 is 28.2 Å². The molecule has 0 aromatic heterocycles. The van der Waals surface area contributed by atoms with Gasteiger partial charge in [0.15, 0.2) is 0 Å². The topological polar surface area (TPSA) is 161 Å². The third kappa shape index (κ3) is 2.69. The predicted molar refractivity (Wildman–Crippen MR) is 81.1 cm³/mol. The Bertz CT molecular complexity index is 851. The molecule has 2 aromatic carbocycles. The summed E-state index contributed by atoms with van der Waals surface area (Å²) in [5.74, 6) is -2.77. The Kier molecular flexibility index (Phi) is 3.98. The Morgan fingerprint density at radius 1 is 0.783 bits per heavy atom. The summed E-state index contributed by atoms with van der Waals surface area (Å²) in [6.45, 7) is 0. The van der Waals surface area contributed by atoms with Crippen molar-refractivity contribution >= 4 is 33.2 Å². The maximum atomic E-state index is 12.7. The van der Waals surface area contributed by atoms with Crippen LogP contribution in [0.15, 0.2) is 46.2 Å². The molecular weight excluding hydrogens is 324 g/mol. The molecule has 0 aliphatic heterocycles. The fourth-order valence-corrected chi connectivity index (χ4v) is 3.60. The Labute approximate surface area is 130 Å². The molecule has 2 rings (SSSR count). The number of carboxylic acids is 2. The van der Waals surface area contributed by atoms with E-state index in [1.807, 2.05) is 0 Å². The van der Waals surface area contributed by atoms with E-state index in [0.717, 1.165) is 24.3 Å². The number of aromatic carboxylic acids is 2. The smallest absolute Gasteiger partial charge is 0.337 e. The molecule has 6 N–H and O–H groups in total. The van der Waals surface area contributed by atoms with Gasteiger partial charge in [-0.15, -0.1) is 0 Å². The first-order valence-corrected chi connectivity index (χ1v) is 7.65. The van der Waals surface area contributed by atoms with E-state index >= 15 is 0 Å². The van der Waals surface area contributed by atoms with Crippen molar-refractivity contribution in [3.63, 3.8) is 0 Å². The Morgan fingerprint density at radius 3 is 1.43 bits per heavy atom. The fourth-order valence-electron chi connectivity index (χ4n) is 2.05. The molecule has 23 heavy (non-hydrogen) atoms. The summed E-state index contributed by atoms with van der Waals surface area (Å²) >= 11 is 0. The largest absolute Gasteiger partial charge is 0.478 e. The summed E-state index contributed by atoms with van der Waals surface area (Å²) in [5.41, 5.74) is 9.64. The molecule has 0 bridgehead atoms. The van der Waals surface area contributed by atoms with Gasteiger partial charge in [0, 0.05) is 0 Å². The number of carbonyl (C=O) groups is 2. The van der Waals surface area contributed by atoms with E-state index in [9.17, 15) is 18.0 Å². The first-order valence-electron chi connectivity index (χ1n) is 6.16. The molecule has 0 fully saturated rings. The van der Waals surface area contributed by atoms with Gasteiger partial charge in [-0.2, -0.15) is 0 Å². The Hall–Kier alpha value is -3.07. The van der Waals surface area contributed by atoms with Gasteiger partial charge in [-0.1, -0.05) is 12.1 Å². The number of benzene rings is 2. The fraction of sp³-hybridized carbons (Fsp3) is 0. The summed E-state index contributed by atoms with van der Waals surface area (Å²) in [6, 6.07) is 7.03. The van der Waals surface area contributed by atoms with Gasteiger partial charge in [0.1, 0.15) is 0 Å². The number of nitrogen functional groups attached to an aromatic ring is 2. The lowest BCUT2D eigenvalue weighted by Crippen LogP contribution is -2.13. The molecule has 0 heterocycles. The maximum Gasteiger partial charge on any atom is 0.337 e. The predicted octanol–water partition coefficient (Wildman–Crippen LogP) is 1.08. The number of nitrogens with two attached hydrogens (primary N) is 2. The third-order valence-electron chi connectivity index (χ3n) is 3.17. The number of carboxylic acid groups (broad SMARTS) is 2. The SMILES string of the molecule is Nc1c(C(=O)O)cccc1S(=O)(=O)c1cccc(C(=O)O)c1N. The molecule has 0 unspecified atom stereocenters. The monoisotopic (exact) mass is 336 g/mol. The van der Waals surface area contributed by atoms with Crippen molar-refractivity contribution in [2.24, 2.45) is 0 Å². The van der Waals surface area contributed by atoms with Crippen LogP contribution in [0.3, 0.4) is 0 Å². The zero-order valence-corrected chi connectivity index (χ0v) is 12.4. The summed E-state index contributed by atoms with van der Waals surface area (Å²) in [4.78, 5) is 21.2. The number of anilines is 2. The first-order chi connectivity index (χ1) is 10.7. The Balaban J connectivity index is 2.75. The molecule has 120 valence electrons. The molecule has 0 radical (unpaired) electrons. The first kappa shape index (κ1) is 16.3. The molecule has 0 saturated heterocycles. The number of hydrogen-bond acceptors (Lipinski definition) is 6. The van der Waals surface area contributed by atoms with Crippen molar-refractivity contribution in [2.45, 2.75) is 9.79 Å². The van der Waals surface area contributed by atoms with Crippen LogP contribution in [0.25, 0.3) is 0 Å². The summed E-state index contributed by atoms with van der Waals surface area (Å²) in [5, 5.41) is 18.0. The van der Waals surface area contributed by atoms with Crippen LogP contribution in [0.2, 0.25) is 0 Å². The van der Waals surface area contributed by atoms with Crippen LogP contribution in [0, 0.1) is 0 Å². The van der Waals surface area contributed by atoms with E-state index in [1.165, 1.54) is 12.1 Å². The summed E-state index contributed by atoms with van der Waals surface area (Å²) in [7, 11) is -4.29. The molecule has 0 saturated carbocycles. The molecule has 0 spiro atoms.